The summed E-state index contributed by atoms with van der Waals surface area (Å²) in [5, 5.41) is 12.4. The van der Waals surface area contributed by atoms with Crippen molar-refractivity contribution >= 4 is 21.8 Å². The molecular weight excluding hydrogens is 282 g/mol. The summed E-state index contributed by atoms with van der Waals surface area (Å²) >= 11 is 3.30. The fraction of sp³-hybridized carbons (Fsp3) is 0.462. The number of alkyl halides is 1. The van der Waals surface area contributed by atoms with Crippen molar-refractivity contribution < 1.29 is 9.90 Å². The van der Waals surface area contributed by atoms with Crippen molar-refractivity contribution in [3.05, 3.63) is 35.9 Å². The minimum atomic E-state index is -0.737. The molecule has 0 aliphatic heterocycles. The first-order chi connectivity index (χ1) is 8.03. The predicted octanol–water partition coefficient (Wildman–Crippen LogP) is 2.18. The number of hydrogen-bond donors (Lipinski definition) is 2. The second-order valence-corrected chi connectivity index (χ2v) is 5.33. The molecule has 0 fully saturated rings. The van der Waals surface area contributed by atoms with Crippen LogP contribution >= 0.6 is 15.9 Å². The summed E-state index contributed by atoms with van der Waals surface area (Å²) in [4.78, 5) is 11.6. The van der Waals surface area contributed by atoms with E-state index >= 15 is 0 Å². The molecule has 0 aliphatic carbocycles. The van der Waals surface area contributed by atoms with E-state index in [0.717, 1.165) is 5.56 Å². The molecule has 17 heavy (non-hydrogen) atoms. The first kappa shape index (κ1) is 14.2. The van der Waals surface area contributed by atoms with Gasteiger partial charge >= 0.3 is 0 Å². The third-order valence-corrected chi connectivity index (χ3v) is 3.83. The maximum absolute atomic E-state index is 11.9. The van der Waals surface area contributed by atoms with Gasteiger partial charge in [-0.3, -0.25) is 4.79 Å². The van der Waals surface area contributed by atoms with E-state index in [4.69, 9.17) is 0 Å². The summed E-state index contributed by atoms with van der Waals surface area (Å²) in [6, 6.07) is 9.47. The summed E-state index contributed by atoms with van der Waals surface area (Å²) < 4.78 is 0. The molecule has 3 nitrogen and oxygen atoms in total. The molecule has 0 aliphatic rings. The zero-order valence-electron chi connectivity index (χ0n) is 10.1. The van der Waals surface area contributed by atoms with Crippen LogP contribution in [0.5, 0.6) is 0 Å². The minimum Gasteiger partial charge on any atom is -0.394 e. The SMILES string of the molecule is CCC(Br)C(=O)NC(C)(CO)c1ccccc1. The number of aliphatic hydroxyl groups excluding tert-OH is 1. The third-order valence-electron chi connectivity index (χ3n) is 2.77. The smallest absolute Gasteiger partial charge is 0.234 e. The van der Waals surface area contributed by atoms with Gasteiger partial charge in [0, 0.05) is 0 Å². The Bertz CT molecular complexity index is 369. The average Bonchev–Trinajstić information content (AvgIpc) is 2.38. The van der Waals surface area contributed by atoms with Gasteiger partial charge in [-0.1, -0.05) is 53.2 Å². The van der Waals surface area contributed by atoms with E-state index in [1.165, 1.54) is 0 Å². The molecule has 4 heteroatoms. The Morgan fingerprint density at radius 1 is 1.47 bits per heavy atom. The molecule has 0 saturated heterocycles. The molecule has 1 rings (SSSR count). The van der Waals surface area contributed by atoms with E-state index < -0.39 is 5.54 Å². The molecule has 0 bridgehead atoms. The Balaban J connectivity index is 2.87. The van der Waals surface area contributed by atoms with Crippen LogP contribution in [0.15, 0.2) is 30.3 Å². The molecule has 2 atom stereocenters. The van der Waals surface area contributed by atoms with Gasteiger partial charge in [0.15, 0.2) is 0 Å². The fourth-order valence-electron chi connectivity index (χ4n) is 1.54. The number of nitrogens with one attached hydrogen (secondary N) is 1. The molecule has 0 saturated carbocycles. The maximum atomic E-state index is 11.9. The minimum absolute atomic E-state index is 0.104. The molecule has 0 heterocycles. The third kappa shape index (κ3) is 3.54. The van der Waals surface area contributed by atoms with Crippen molar-refractivity contribution in [1.29, 1.82) is 0 Å². The number of carbonyl (C=O) groups is 1. The topological polar surface area (TPSA) is 49.3 Å². The lowest BCUT2D eigenvalue weighted by Gasteiger charge is -2.30. The second kappa shape index (κ2) is 6.17. The van der Waals surface area contributed by atoms with Crippen molar-refractivity contribution in [1.82, 2.24) is 5.32 Å². The van der Waals surface area contributed by atoms with Crippen LogP contribution in [0.25, 0.3) is 0 Å². The molecule has 1 aromatic rings. The fourth-order valence-corrected chi connectivity index (χ4v) is 1.66. The molecule has 1 amide bonds. The van der Waals surface area contributed by atoms with E-state index in [-0.39, 0.29) is 17.3 Å². The van der Waals surface area contributed by atoms with Gasteiger partial charge in [0.25, 0.3) is 0 Å². The van der Waals surface area contributed by atoms with Crippen LogP contribution in [-0.2, 0) is 10.3 Å². The first-order valence-electron chi connectivity index (χ1n) is 5.66. The van der Waals surface area contributed by atoms with Gasteiger partial charge in [-0.25, -0.2) is 0 Å². The van der Waals surface area contributed by atoms with Gasteiger partial charge < -0.3 is 10.4 Å². The highest BCUT2D eigenvalue weighted by Gasteiger charge is 2.29. The number of halogens is 1. The Morgan fingerprint density at radius 3 is 2.53 bits per heavy atom. The van der Waals surface area contributed by atoms with Gasteiger partial charge in [-0.15, -0.1) is 0 Å². The van der Waals surface area contributed by atoms with E-state index in [1.807, 2.05) is 44.2 Å². The molecule has 1 aromatic carbocycles. The van der Waals surface area contributed by atoms with Crippen LogP contribution < -0.4 is 5.32 Å². The highest BCUT2D eigenvalue weighted by molar-refractivity contribution is 9.10. The second-order valence-electron chi connectivity index (χ2n) is 4.22. The van der Waals surface area contributed by atoms with Gasteiger partial charge in [0.05, 0.1) is 17.0 Å². The van der Waals surface area contributed by atoms with Gasteiger partial charge in [0.1, 0.15) is 0 Å². The normalized spacial score (nSPS) is 16.0. The van der Waals surface area contributed by atoms with Crippen LogP contribution in [0.4, 0.5) is 0 Å². The molecule has 0 spiro atoms. The number of amides is 1. The van der Waals surface area contributed by atoms with Gasteiger partial charge in [-0.2, -0.15) is 0 Å². The first-order valence-corrected chi connectivity index (χ1v) is 6.57. The lowest BCUT2D eigenvalue weighted by Crippen LogP contribution is -2.48. The average molecular weight is 300 g/mol. The number of rotatable bonds is 5. The summed E-state index contributed by atoms with van der Waals surface area (Å²) in [6.07, 6.45) is 0.710. The summed E-state index contributed by atoms with van der Waals surface area (Å²) in [7, 11) is 0. The van der Waals surface area contributed by atoms with E-state index in [0.29, 0.717) is 6.42 Å². The number of aliphatic hydroxyl groups is 1. The van der Waals surface area contributed by atoms with Crippen LogP contribution in [0.1, 0.15) is 25.8 Å². The quantitative estimate of drug-likeness (QED) is 0.819. The molecule has 0 radical (unpaired) electrons. The Labute approximate surface area is 110 Å². The van der Waals surface area contributed by atoms with Crippen LogP contribution in [0, 0.1) is 0 Å². The molecule has 94 valence electrons. The Kier molecular flexibility index (Phi) is 5.15. The summed E-state index contributed by atoms with van der Waals surface area (Å²) in [6.45, 7) is 3.61. The summed E-state index contributed by atoms with van der Waals surface area (Å²) in [5.41, 5.74) is 0.158. The predicted molar refractivity (Wildman–Crippen MR) is 72.0 cm³/mol. The summed E-state index contributed by atoms with van der Waals surface area (Å²) in [5.74, 6) is -0.104. The highest BCUT2D eigenvalue weighted by atomic mass is 79.9. The monoisotopic (exact) mass is 299 g/mol. The van der Waals surface area contributed by atoms with Crippen molar-refractivity contribution in [2.24, 2.45) is 0 Å². The zero-order chi connectivity index (χ0) is 12.9. The van der Waals surface area contributed by atoms with Crippen molar-refractivity contribution in [2.45, 2.75) is 30.6 Å². The largest absolute Gasteiger partial charge is 0.394 e. The highest BCUT2D eigenvalue weighted by Crippen LogP contribution is 2.20. The lowest BCUT2D eigenvalue weighted by atomic mass is 9.92. The molecule has 2 N–H and O–H groups in total. The number of carbonyl (C=O) groups excluding carboxylic acids is 1. The van der Waals surface area contributed by atoms with E-state index in [9.17, 15) is 9.90 Å². The standard InChI is InChI=1S/C13H18BrNO2/c1-3-11(14)12(17)15-13(2,9-16)10-7-5-4-6-8-10/h4-8,11,16H,3,9H2,1-2H3,(H,15,17). The molecule has 0 aromatic heterocycles. The zero-order valence-corrected chi connectivity index (χ0v) is 11.7. The maximum Gasteiger partial charge on any atom is 0.234 e. The van der Waals surface area contributed by atoms with Crippen LogP contribution in [0.2, 0.25) is 0 Å². The number of hydrogen-bond acceptors (Lipinski definition) is 2. The van der Waals surface area contributed by atoms with Crippen molar-refractivity contribution in [3.63, 3.8) is 0 Å². The van der Waals surface area contributed by atoms with Crippen molar-refractivity contribution in [2.75, 3.05) is 6.61 Å². The lowest BCUT2D eigenvalue weighted by molar-refractivity contribution is -0.122. The van der Waals surface area contributed by atoms with Crippen molar-refractivity contribution in [3.8, 4) is 0 Å². The van der Waals surface area contributed by atoms with Crippen LogP contribution in [-0.4, -0.2) is 22.4 Å². The van der Waals surface area contributed by atoms with Gasteiger partial charge in [-0.05, 0) is 18.9 Å². The Hall–Kier alpha value is -0.870. The van der Waals surface area contributed by atoms with Gasteiger partial charge in [0.2, 0.25) is 5.91 Å². The number of benzene rings is 1. The van der Waals surface area contributed by atoms with E-state index in [1.54, 1.807) is 0 Å². The molecular formula is C13H18BrNO2. The van der Waals surface area contributed by atoms with E-state index in [2.05, 4.69) is 21.2 Å². The van der Waals surface area contributed by atoms with Crippen LogP contribution in [0.3, 0.4) is 0 Å². The molecule has 2 unspecified atom stereocenters. The Morgan fingerprint density at radius 2 is 2.06 bits per heavy atom.